The molecule has 0 aliphatic carbocycles. The Bertz CT molecular complexity index is 478. The van der Waals surface area contributed by atoms with Crippen LogP contribution in [-0.2, 0) is 0 Å². The second-order valence-corrected chi connectivity index (χ2v) is 6.87. The fourth-order valence-electron chi connectivity index (χ4n) is 3.05. The van der Waals surface area contributed by atoms with Crippen molar-refractivity contribution in [2.75, 3.05) is 18.0 Å². The minimum Gasteiger partial charge on any atom is -0.364 e. The summed E-state index contributed by atoms with van der Waals surface area (Å²) >= 11 is 6.29. The van der Waals surface area contributed by atoms with Crippen LogP contribution in [0, 0.1) is 17.7 Å². The van der Waals surface area contributed by atoms with Crippen LogP contribution in [-0.4, -0.2) is 25.2 Å². The molecular weight excluding hydrogens is 287 g/mol. The highest BCUT2D eigenvalue weighted by Gasteiger charge is 2.32. The lowest BCUT2D eigenvalue weighted by molar-refractivity contribution is 0.281. The molecule has 0 bridgehead atoms. The van der Waals surface area contributed by atoms with Gasteiger partial charge in [0.15, 0.2) is 0 Å². The third-order valence-electron chi connectivity index (χ3n) is 4.70. The predicted molar refractivity (Wildman–Crippen MR) is 88.6 cm³/mol. The van der Waals surface area contributed by atoms with Crippen LogP contribution in [0.3, 0.4) is 0 Å². The maximum absolute atomic E-state index is 13.3. The zero-order valence-corrected chi connectivity index (χ0v) is 14.1. The van der Waals surface area contributed by atoms with Gasteiger partial charge in [0.25, 0.3) is 0 Å². The van der Waals surface area contributed by atoms with Gasteiger partial charge in [-0.05, 0) is 30.0 Å². The molecule has 4 heteroatoms. The van der Waals surface area contributed by atoms with E-state index >= 15 is 0 Å². The molecule has 0 radical (unpaired) electrons. The quantitative estimate of drug-likeness (QED) is 0.890. The molecule has 0 amide bonds. The topological polar surface area (TPSA) is 15.3 Å². The van der Waals surface area contributed by atoms with Gasteiger partial charge in [-0.3, -0.25) is 0 Å². The first-order chi connectivity index (χ1) is 9.93. The van der Waals surface area contributed by atoms with Gasteiger partial charge in [-0.1, -0.05) is 45.7 Å². The van der Waals surface area contributed by atoms with Gasteiger partial charge in [-0.25, -0.2) is 4.39 Å². The average Bonchev–Trinajstić information content (AvgIpc) is 2.45. The van der Waals surface area contributed by atoms with Crippen molar-refractivity contribution in [1.82, 2.24) is 5.32 Å². The summed E-state index contributed by atoms with van der Waals surface area (Å²) < 4.78 is 13.3. The third-order valence-corrected chi connectivity index (χ3v) is 5.01. The van der Waals surface area contributed by atoms with Crippen molar-refractivity contribution in [3.8, 4) is 0 Å². The molecule has 1 aromatic rings. The molecule has 0 saturated carbocycles. The van der Waals surface area contributed by atoms with Crippen LogP contribution in [0.25, 0.3) is 0 Å². The minimum atomic E-state index is -0.279. The van der Waals surface area contributed by atoms with Crippen LogP contribution in [0.2, 0.25) is 5.02 Å². The van der Waals surface area contributed by atoms with Crippen molar-refractivity contribution in [2.45, 2.75) is 46.2 Å². The first-order valence-electron chi connectivity index (χ1n) is 7.89. The van der Waals surface area contributed by atoms with Gasteiger partial charge < -0.3 is 10.2 Å². The van der Waals surface area contributed by atoms with Crippen LogP contribution in [0.15, 0.2) is 18.2 Å². The Morgan fingerprint density at radius 2 is 2.10 bits per heavy atom. The summed E-state index contributed by atoms with van der Waals surface area (Å²) in [6.45, 7) is 10.8. The van der Waals surface area contributed by atoms with E-state index in [0.29, 0.717) is 28.9 Å². The van der Waals surface area contributed by atoms with Gasteiger partial charge in [0.05, 0.1) is 10.7 Å². The minimum absolute atomic E-state index is 0.279. The van der Waals surface area contributed by atoms with Gasteiger partial charge in [0.1, 0.15) is 5.82 Å². The molecule has 1 aromatic carbocycles. The number of hydrogen-bond acceptors (Lipinski definition) is 2. The van der Waals surface area contributed by atoms with E-state index in [9.17, 15) is 4.39 Å². The Kier molecular flexibility index (Phi) is 5.50. The van der Waals surface area contributed by atoms with Gasteiger partial charge in [-0.2, -0.15) is 0 Å². The van der Waals surface area contributed by atoms with E-state index in [1.807, 2.05) is 6.07 Å². The molecular formula is C17H26ClFN2. The molecule has 1 fully saturated rings. The molecule has 1 saturated heterocycles. The summed E-state index contributed by atoms with van der Waals surface area (Å²) in [5, 5.41) is 4.18. The molecule has 0 aromatic heterocycles. The highest BCUT2D eigenvalue weighted by molar-refractivity contribution is 6.33. The fraction of sp³-hybridized carbons (Fsp3) is 0.647. The summed E-state index contributed by atoms with van der Waals surface area (Å²) in [5.74, 6) is 0.842. The zero-order valence-electron chi connectivity index (χ0n) is 13.4. The van der Waals surface area contributed by atoms with Crippen molar-refractivity contribution < 1.29 is 4.39 Å². The Balaban J connectivity index is 2.29. The molecule has 3 atom stereocenters. The number of hydrogen-bond donors (Lipinski definition) is 1. The van der Waals surface area contributed by atoms with Crippen LogP contribution < -0.4 is 10.2 Å². The molecule has 2 rings (SSSR count). The Morgan fingerprint density at radius 3 is 2.67 bits per heavy atom. The number of rotatable bonds is 4. The number of anilines is 1. The molecule has 3 unspecified atom stereocenters. The van der Waals surface area contributed by atoms with Crippen LogP contribution in [0.4, 0.5) is 10.1 Å². The Labute approximate surface area is 132 Å². The zero-order chi connectivity index (χ0) is 15.6. The van der Waals surface area contributed by atoms with Crippen LogP contribution >= 0.6 is 11.6 Å². The third kappa shape index (κ3) is 3.70. The van der Waals surface area contributed by atoms with E-state index in [4.69, 9.17) is 11.6 Å². The Morgan fingerprint density at radius 1 is 1.38 bits per heavy atom. The highest BCUT2D eigenvalue weighted by atomic mass is 35.5. The van der Waals surface area contributed by atoms with E-state index < -0.39 is 0 Å². The summed E-state index contributed by atoms with van der Waals surface area (Å²) in [6.07, 6.45) is 1.15. The predicted octanol–water partition coefficient (Wildman–Crippen LogP) is 4.33. The number of benzene rings is 1. The lowest BCUT2D eigenvalue weighted by Crippen LogP contribution is -2.60. The molecule has 118 valence electrons. The molecule has 2 nitrogen and oxygen atoms in total. The lowest BCUT2D eigenvalue weighted by Gasteiger charge is -2.45. The lowest BCUT2D eigenvalue weighted by atomic mass is 9.91. The summed E-state index contributed by atoms with van der Waals surface area (Å²) in [5.41, 5.74) is 0.951. The molecule has 0 spiro atoms. The average molecular weight is 313 g/mol. The van der Waals surface area contributed by atoms with Gasteiger partial charge in [0, 0.05) is 25.2 Å². The van der Waals surface area contributed by atoms with Crippen LogP contribution in [0.5, 0.6) is 0 Å². The van der Waals surface area contributed by atoms with E-state index in [2.05, 4.69) is 37.9 Å². The first kappa shape index (κ1) is 16.6. The van der Waals surface area contributed by atoms with E-state index in [1.165, 1.54) is 12.1 Å². The number of halogens is 2. The van der Waals surface area contributed by atoms with Crippen LogP contribution in [0.1, 0.15) is 34.1 Å². The number of nitrogens with zero attached hydrogens (tertiary/aromatic N) is 1. The molecule has 1 N–H and O–H groups in total. The second kappa shape index (κ2) is 6.97. The van der Waals surface area contributed by atoms with Crippen molar-refractivity contribution in [3.63, 3.8) is 0 Å². The Hall–Kier alpha value is -0.800. The highest BCUT2D eigenvalue weighted by Crippen LogP contribution is 2.32. The van der Waals surface area contributed by atoms with Gasteiger partial charge in [-0.15, -0.1) is 0 Å². The van der Waals surface area contributed by atoms with Crippen molar-refractivity contribution in [1.29, 1.82) is 0 Å². The number of nitrogens with one attached hydrogen (secondary N) is 1. The van der Waals surface area contributed by atoms with Gasteiger partial charge >= 0.3 is 0 Å². The summed E-state index contributed by atoms with van der Waals surface area (Å²) in [6, 6.07) is 5.55. The van der Waals surface area contributed by atoms with E-state index in [1.54, 1.807) is 0 Å². The summed E-state index contributed by atoms with van der Waals surface area (Å²) in [7, 11) is 0. The van der Waals surface area contributed by atoms with Gasteiger partial charge in [0.2, 0.25) is 0 Å². The normalized spacial score (nSPS) is 24.4. The molecule has 1 heterocycles. The largest absolute Gasteiger partial charge is 0.364 e. The van der Waals surface area contributed by atoms with Crippen molar-refractivity contribution in [3.05, 3.63) is 29.0 Å². The van der Waals surface area contributed by atoms with Crippen molar-refractivity contribution in [2.24, 2.45) is 11.8 Å². The second-order valence-electron chi connectivity index (χ2n) is 6.46. The monoisotopic (exact) mass is 312 g/mol. The summed E-state index contributed by atoms with van der Waals surface area (Å²) in [4.78, 5) is 2.36. The smallest absolute Gasteiger partial charge is 0.124 e. The molecule has 21 heavy (non-hydrogen) atoms. The van der Waals surface area contributed by atoms with Crippen molar-refractivity contribution >= 4 is 17.3 Å². The maximum Gasteiger partial charge on any atom is 0.124 e. The molecule has 1 aliphatic rings. The number of piperazine rings is 1. The van der Waals surface area contributed by atoms with E-state index in [0.717, 1.165) is 25.2 Å². The standard InChI is InChI=1S/C17H26ClFN2/c1-5-12(4)15-10-21(17(9-20-15)11(2)3)16-7-6-13(19)8-14(16)18/h6-8,11-12,15,17,20H,5,9-10H2,1-4H3. The SMILES string of the molecule is CCC(C)C1CN(c2ccc(F)cc2Cl)C(C(C)C)CN1. The molecule has 1 aliphatic heterocycles. The fourth-order valence-corrected chi connectivity index (χ4v) is 3.32. The maximum atomic E-state index is 13.3. The first-order valence-corrected chi connectivity index (χ1v) is 8.26. The van der Waals surface area contributed by atoms with E-state index in [-0.39, 0.29) is 5.82 Å².